The van der Waals surface area contributed by atoms with Crippen LogP contribution in [0, 0.1) is 5.82 Å². The lowest BCUT2D eigenvalue weighted by Gasteiger charge is -2.38. The van der Waals surface area contributed by atoms with Crippen molar-refractivity contribution in [2.24, 2.45) is 0 Å². The van der Waals surface area contributed by atoms with Crippen LogP contribution in [0.5, 0.6) is 0 Å². The summed E-state index contributed by atoms with van der Waals surface area (Å²) in [4.78, 5) is 0. The SMILES string of the molecule is Fc1ccc(C2CNC3(CCCC3)CO2)cc1Br. The van der Waals surface area contributed by atoms with Crippen LogP contribution in [0.4, 0.5) is 4.39 Å². The van der Waals surface area contributed by atoms with Crippen molar-refractivity contribution in [3.8, 4) is 0 Å². The Bertz CT molecular complexity index is 435. The van der Waals surface area contributed by atoms with Crippen molar-refractivity contribution in [1.29, 1.82) is 0 Å². The maximum atomic E-state index is 13.2. The molecule has 1 heterocycles. The van der Waals surface area contributed by atoms with Crippen LogP contribution in [0.15, 0.2) is 22.7 Å². The number of morpholine rings is 1. The maximum Gasteiger partial charge on any atom is 0.137 e. The van der Waals surface area contributed by atoms with Crippen LogP contribution in [0.1, 0.15) is 37.4 Å². The number of hydrogen-bond acceptors (Lipinski definition) is 2. The highest BCUT2D eigenvalue weighted by Crippen LogP contribution is 2.35. The first-order chi connectivity index (χ1) is 8.69. The Morgan fingerprint density at radius 2 is 2.11 bits per heavy atom. The number of benzene rings is 1. The first-order valence-corrected chi connectivity index (χ1v) is 7.29. The Kier molecular flexibility index (Phi) is 3.43. The van der Waals surface area contributed by atoms with E-state index in [9.17, 15) is 4.39 Å². The topological polar surface area (TPSA) is 21.3 Å². The normalized spacial score (nSPS) is 26.7. The smallest absolute Gasteiger partial charge is 0.137 e. The van der Waals surface area contributed by atoms with E-state index < -0.39 is 0 Å². The molecule has 1 aliphatic heterocycles. The molecule has 2 nitrogen and oxygen atoms in total. The second-order valence-corrected chi connectivity index (χ2v) is 6.20. The third-order valence-electron chi connectivity index (χ3n) is 4.10. The van der Waals surface area contributed by atoms with Gasteiger partial charge in [-0.05, 0) is 46.5 Å². The Balaban J connectivity index is 1.70. The molecule has 2 aliphatic rings. The van der Waals surface area contributed by atoms with Crippen molar-refractivity contribution in [2.75, 3.05) is 13.2 Å². The van der Waals surface area contributed by atoms with Crippen molar-refractivity contribution in [2.45, 2.75) is 37.3 Å². The summed E-state index contributed by atoms with van der Waals surface area (Å²) >= 11 is 3.22. The standard InChI is InChI=1S/C14H17BrFNO/c15-11-7-10(3-4-12(11)16)13-8-17-14(9-18-13)5-1-2-6-14/h3-4,7,13,17H,1-2,5-6,8-9H2. The van der Waals surface area contributed by atoms with Crippen LogP contribution in [0.3, 0.4) is 0 Å². The molecule has 1 N–H and O–H groups in total. The summed E-state index contributed by atoms with van der Waals surface area (Å²) < 4.78 is 19.7. The highest BCUT2D eigenvalue weighted by atomic mass is 79.9. The molecule has 1 aromatic carbocycles. The first kappa shape index (κ1) is 12.6. The van der Waals surface area contributed by atoms with E-state index in [1.807, 2.05) is 6.07 Å². The predicted molar refractivity (Wildman–Crippen MR) is 72.0 cm³/mol. The van der Waals surface area contributed by atoms with Gasteiger partial charge in [0.25, 0.3) is 0 Å². The predicted octanol–water partition coefficient (Wildman–Crippen LogP) is 3.56. The van der Waals surface area contributed by atoms with E-state index >= 15 is 0 Å². The summed E-state index contributed by atoms with van der Waals surface area (Å²) in [5.74, 6) is -0.227. The quantitative estimate of drug-likeness (QED) is 0.856. The molecule has 0 amide bonds. The Hall–Kier alpha value is -0.450. The van der Waals surface area contributed by atoms with Crippen LogP contribution >= 0.6 is 15.9 Å². The summed E-state index contributed by atoms with van der Waals surface area (Å²) in [6, 6.07) is 5.11. The van der Waals surface area contributed by atoms with Crippen molar-refractivity contribution in [3.63, 3.8) is 0 Å². The van der Waals surface area contributed by atoms with E-state index in [2.05, 4.69) is 21.2 Å². The molecule has 1 aromatic rings. The van der Waals surface area contributed by atoms with E-state index in [0.29, 0.717) is 4.47 Å². The van der Waals surface area contributed by atoms with Crippen molar-refractivity contribution >= 4 is 15.9 Å². The Morgan fingerprint density at radius 1 is 1.33 bits per heavy atom. The van der Waals surface area contributed by atoms with E-state index in [4.69, 9.17) is 4.74 Å². The second-order valence-electron chi connectivity index (χ2n) is 5.34. The maximum absolute atomic E-state index is 13.2. The van der Waals surface area contributed by atoms with E-state index in [0.717, 1.165) is 18.7 Å². The fourth-order valence-electron chi connectivity index (χ4n) is 2.98. The minimum atomic E-state index is -0.227. The molecule has 3 rings (SSSR count). The van der Waals surface area contributed by atoms with Gasteiger partial charge in [-0.3, -0.25) is 0 Å². The molecule has 1 unspecified atom stereocenters. The summed E-state index contributed by atoms with van der Waals surface area (Å²) in [6.07, 6.45) is 5.06. The lowest BCUT2D eigenvalue weighted by Crippen LogP contribution is -2.53. The molecule has 98 valence electrons. The third-order valence-corrected chi connectivity index (χ3v) is 4.71. The molecular weight excluding hydrogens is 297 g/mol. The zero-order valence-corrected chi connectivity index (χ0v) is 11.8. The van der Waals surface area contributed by atoms with Gasteiger partial charge in [0.15, 0.2) is 0 Å². The summed E-state index contributed by atoms with van der Waals surface area (Å²) in [7, 11) is 0. The lowest BCUT2D eigenvalue weighted by molar-refractivity contribution is -0.0326. The molecule has 1 aliphatic carbocycles. The fourth-order valence-corrected chi connectivity index (χ4v) is 3.38. The van der Waals surface area contributed by atoms with Gasteiger partial charge >= 0.3 is 0 Å². The Morgan fingerprint density at radius 3 is 2.72 bits per heavy atom. The molecule has 2 fully saturated rings. The van der Waals surface area contributed by atoms with Crippen LogP contribution < -0.4 is 5.32 Å². The van der Waals surface area contributed by atoms with Crippen LogP contribution in [-0.4, -0.2) is 18.7 Å². The molecule has 1 atom stereocenters. The molecule has 1 saturated carbocycles. The zero-order valence-electron chi connectivity index (χ0n) is 10.2. The molecule has 0 bridgehead atoms. The average Bonchev–Trinajstić information content (AvgIpc) is 2.82. The first-order valence-electron chi connectivity index (χ1n) is 6.50. The van der Waals surface area contributed by atoms with Crippen LogP contribution in [0.2, 0.25) is 0 Å². The number of ether oxygens (including phenoxy) is 1. The summed E-state index contributed by atoms with van der Waals surface area (Å²) in [6.45, 7) is 1.59. The van der Waals surface area contributed by atoms with Gasteiger partial charge in [0.05, 0.1) is 17.2 Å². The third kappa shape index (κ3) is 2.33. The number of rotatable bonds is 1. The zero-order chi connectivity index (χ0) is 12.6. The summed E-state index contributed by atoms with van der Waals surface area (Å²) in [5.41, 5.74) is 1.25. The van der Waals surface area contributed by atoms with Gasteiger partial charge in [-0.2, -0.15) is 0 Å². The van der Waals surface area contributed by atoms with Crippen LogP contribution in [0.25, 0.3) is 0 Å². The molecule has 0 aromatic heterocycles. The number of halogens is 2. The number of nitrogens with one attached hydrogen (secondary N) is 1. The molecule has 0 radical (unpaired) electrons. The monoisotopic (exact) mass is 313 g/mol. The van der Waals surface area contributed by atoms with Crippen LogP contribution in [-0.2, 0) is 4.74 Å². The summed E-state index contributed by atoms with van der Waals surface area (Å²) in [5, 5.41) is 3.64. The highest BCUT2D eigenvalue weighted by Gasteiger charge is 2.38. The minimum Gasteiger partial charge on any atom is -0.370 e. The lowest BCUT2D eigenvalue weighted by atomic mass is 9.95. The molecular formula is C14H17BrFNO. The van der Waals surface area contributed by atoms with Gasteiger partial charge in [0.2, 0.25) is 0 Å². The number of hydrogen-bond donors (Lipinski definition) is 1. The van der Waals surface area contributed by atoms with Gasteiger partial charge in [0.1, 0.15) is 5.82 Å². The van der Waals surface area contributed by atoms with Gasteiger partial charge in [-0.25, -0.2) is 4.39 Å². The highest BCUT2D eigenvalue weighted by molar-refractivity contribution is 9.10. The second kappa shape index (κ2) is 4.91. The van der Waals surface area contributed by atoms with Crippen molar-refractivity contribution in [1.82, 2.24) is 5.32 Å². The van der Waals surface area contributed by atoms with E-state index in [1.165, 1.54) is 31.7 Å². The van der Waals surface area contributed by atoms with E-state index in [-0.39, 0.29) is 17.5 Å². The minimum absolute atomic E-state index is 0.0353. The fraction of sp³-hybridized carbons (Fsp3) is 0.571. The van der Waals surface area contributed by atoms with Gasteiger partial charge in [-0.1, -0.05) is 18.9 Å². The van der Waals surface area contributed by atoms with E-state index in [1.54, 1.807) is 6.07 Å². The van der Waals surface area contributed by atoms with Gasteiger partial charge in [-0.15, -0.1) is 0 Å². The molecule has 18 heavy (non-hydrogen) atoms. The molecule has 4 heteroatoms. The van der Waals surface area contributed by atoms with Crippen molar-refractivity contribution in [3.05, 3.63) is 34.1 Å². The van der Waals surface area contributed by atoms with Crippen molar-refractivity contribution < 1.29 is 9.13 Å². The van der Waals surface area contributed by atoms with Gasteiger partial charge in [0, 0.05) is 12.1 Å². The average molecular weight is 314 g/mol. The largest absolute Gasteiger partial charge is 0.370 e. The van der Waals surface area contributed by atoms with Gasteiger partial charge < -0.3 is 10.1 Å². The Labute approximate surface area is 115 Å². The molecule has 1 saturated heterocycles. The molecule has 1 spiro atoms.